The predicted molar refractivity (Wildman–Crippen MR) is 56.2 cm³/mol. The lowest BCUT2D eigenvalue weighted by atomic mass is 9.85. The summed E-state index contributed by atoms with van der Waals surface area (Å²) < 4.78 is 0. The first-order chi connectivity index (χ1) is 7.93. The van der Waals surface area contributed by atoms with Gasteiger partial charge in [0.1, 0.15) is 5.92 Å². The summed E-state index contributed by atoms with van der Waals surface area (Å²) in [5, 5.41) is 26.8. The molecule has 0 aliphatic heterocycles. The number of ketones is 1. The molecule has 3 N–H and O–H groups in total. The van der Waals surface area contributed by atoms with Crippen LogP contribution in [-0.2, 0) is 14.4 Å². The van der Waals surface area contributed by atoms with Gasteiger partial charge in [-0.2, -0.15) is 0 Å². The first-order valence-electron chi connectivity index (χ1n) is 4.97. The molecule has 6 heteroatoms. The molecule has 0 aromatic heterocycles. The van der Waals surface area contributed by atoms with Gasteiger partial charge in [-0.1, -0.05) is 18.2 Å². The molecule has 0 saturated heterocycles. The quantitative estimate of drug-likeness (QED) is 0.622. The van der Waals surface area contributed by atoms with Gasteiger partial charge >= 0.3 is 11.9 Å². The summed E-state index contributed by atoms with van der Waals surface area (Å²) in [5.41, 5.74) is -0.0613. The lowest BCUT2D eigenvalue weighted by Gasteiger charge is -2.21. The van der Waals surface area contributed by atoms with Gasteiger partial charge in [-0.3, -0.25) is 14.4 Å². The zero-order valence-corrected chi connectivity index (χ0v) is 8.87. The molecule has 1 unspecified atom stereocenters. The van der Waals surface area contributed by atoms with Crippen molar-refractivity contribution in [2.45, 2.75) is 18.9 Å². The van der Waals surface area contributed by atoms with Gasteiger partial charge in [0.2, 0.25) is 0 Å². The summed E-state index contributed by atoms with van der Waals surface area (Å²) in [6, 6.07) is 0. The third-order valence-corrected chi connectivity index (χ3v) is 2.41. The molecule has 0 heterocycles. The standard InChI is InChI=1S/C11H12O6/c12-7(4-5-9(14)15)6-2-1-3-8(13)10(6)11(16)17/h1-3,8,10,13H,4-5H2,(H,14,15)(H,16,17)/t8-,10?/m1/s1. The van der Waals surface area contributed by atoms with Crippen molar-refractivity contribution in [1.29, 1.82) is 0 Å². The topological polar surface area (TPSA) is 112 Å². The third-order valence-electron chi connectivity index (χ3n) is 2.41. The lowest BCUT2D eigenvalue weighted by molar-refractivity contribution is -0.144. The second-order valence-electron chi connectivity index (χ2n) is 3.63. The Balaban J connectivity index is 2.82. The average Bonchev–Trinajstić information content (AvgIpc) is 2.24. The van der Waals surface area contributed by atoms with Crippen LogP contribution in [0.5, 0.6) is 0 Å². The molecule has 0 aromatic carbocycles. The van der Waals surface area contributed by atoms with Crippen LogP contribution in [0, 0.1) is 5.92 Å². The zero-order chi connectivity index (χ0) is 13.0. The van der Waals surface area contributed by atoms with Crippen LogP contribution in [0.1, 0.15) is 12.8 Å². The Bertz CT molecular complexity index is 406. The normalized spacial score (nSPS) is 23.0. The molecule has 0 bridgehead atoms. The number of Topliss-reactive ketones (excluding diaryl/α,β-unsaturated/α-hetero) is 1. The first kappa shape index (κ1) is 13.1. The number of aliphatic carboxylic acids is 2. The molecular formula is C11H12O6. The van der Waals surface area contributed by atoms with Crippen molar-refractivity contribution in [2.24, 2.45) is 5.92 Å². The van der Waals surface area contributed by atoms with Crippen LogP contribution in [0.4, 0.5) is 0 Å². The second kappa shape index (κ2) is 5.40. The number of aliphatic hydroxyl groups is 1. The van der Waals surface area contributed by atoms with Crippen LogP contribution in [-0.4, -0.2) is 39.1 Å². The summed E-state index contributed by atoms with van der Waals surface area (Å²) in [5.74, 6) is -4.32. The number of carbonyl (C=O) groups is 3. The lowest BCUT2D eigenvalue weighted by Crippen LogP contribution is -2.33. The molecule has 0 spiro atoms. The van der Waals surface area contributed by atoms with Crippen LogP contribution in [0.3, 0.4) is 0 Å². The van der Waals surface area contributed by atoms with Crippen molar-refractivity contribution >= 4 is 17.7 Å². The fourth-order valence-electron chi connectivity index (χ4n) is 1.58. The van der Waals surface area contributed by atoms with Gasteiger partial charge in [0.15, 0.2) is 5.78 Å². The van der Waals surface area contributed by atoms with Crippen LogP contribution in [0.15, 0.2) is 23.8 Å². The van der Waals surface area contributed by atoms with Gasteiger partial charge in [0.25, 0.3) is 0 Å². The van der Waals surface area contributed by atoms with E-state index in [0.29, 0.717) is 0 Å². The van der Waals surface area contributed by atoms with E-state index in [9.17, 15) is 19.5 Å². The van der Waals surface area contributed by atoms with Crippen molar-refractivity contribution in [3.05, 3.63) is 23.8 Å². The third kappa shape index (κ3) is 3.25. The van der Waals surface area contributed by atoms with Crippen LogP contribution < -0.4 is 0 Å². The number of allylic oxidation sites excluding steroid dienone is 2. The van der Waals surface area contributed by atoms with Crippen LogP contribution in [0.25, 0.3) is 0 Å². The van der Waals surface area contributed by atoms with Gasteiger partial charge in [-0.25, -0.2) is 0 Å². The molecular weight excluding hydrogens is 228 g/mol. The highest BCUT2D eigenvalue weighted by molar-refractivity contribution is 6.02. The van der Waals surface area contributed by atoms with E-state index in [4.69, 9.17) is 10.2 Å². The largest absolute Gasteiger partial charge is 0.481 e. The number of hydrogen-bond donors (Lipinski definition) is 3. The van der Waals surface area contributed by atoms with E-state index in [1.165, 1.54) is 18.2 Å². The van der Waals surface area contributed by atoms with E-state index in [2.05, 4.69) is 0 Å². The van der Waals surface area contributed by atoms with Crippen molar-refractivity contribution in [3.8, 4) is 0 Å². The first-order valence-corrected chi connectivity index (χ1v) is 4.97. The molecule has 92 valence electrons. The Morgan fingerprint density at radius 3 is 2.35 bits per heavy atom. The number of carbonyl (C=O) groups excluding carboxylic acids is 1. The maximum atomic E-state index is 11.6. The Morgan fingerprint density at radius 1 is 1.18 bits per heavy atom. The molecule has 0 amide bonds. The molecule has 1 rings (SSSR count). The Morgan fingerprint density at radius 2 is 1.82 bits per heavy atom. The van der Waals surface area contributed by atoms with Gasteiger partial charge in [0.05, 0.1) is 12.5 Å². The Hall–Kier alpha value is -1.95. The van der Waals surface area contributed by atoms with E-state index >= 15 is 0 Å². The molecule has 0 fully saturated rings. The highest BCUT2D eigenvalue weighted by Gasteiger charge is 2.33. The molecule has 0 saturated carbocycles. The van der Waals surface area contributed by atoms with Gasteiger partial charge in [0, 0.05) is 12.0 Å². The van der Waals surface area contributed by atoms with Gasteiger partial charge in [-0.05, 0) is 0 Å². The molecule has 17 heavy (non-hydrogen) atoms. The van der Waals surface area contributed by atoms with Crippen molar-refractivity contribution < 1.29 is 29.7 Å². The zero-order valence-electron chi connectivity index (χ0n) is 8.87. The summed E-state index contributed by atoms with van der Waals surface area (Å²) in [4.78, 5) is 32.9. The Labute approximate surface area is 96.9 Å². The van der Waals surface area contributed by atoms with E-state index in [-0.39, 0.29) is 18.4 Å². The van der Waals surface area contributed by atoms with E-state index < -0.39 is 29.7 Å². The summed E-state index contributed by atoms with van der Waals surface area (Å²) in [7, 11) is 0. The predicted octanol–water partition coefficient (Wildman–Crippen LogP) is -0.0218. The summed E-state index contributed by atoms with van der Waals surface area (Å²) >= 11 is 0. The number of hydrogen-bond acceptors (Lipinski definition) is 4. The highest BCUT2D eigenvalue weighted by atomic mass is 16.4. The van der Waals surface area contributed by atoms with Crippen molar-refractivity contribution in [2.75, 3.05) is 0 Å². The molecule has 0 aromatic rings. The molecule has 1 aliphatic carbocycles. The van der Waals surface area contributed by atoms with Gasteiger partial charge in [-0.15, -0.1) is 0 Å². The number of carboxylic acid groups (broad SMARTS) is 2. The number of carboxylic acids is 2. The molecule has 2 atom stereocenters. The summed E-state index contributed by atoms with van der Waals surface area (Å²) in [6.45, 7) is 0. The van der Waals surface area contributed by atoms with E-state index in [1.54, 1.807) is 0 Å². The van der Waals surface area contributed by atoms with Crippen molar-refractivity contribution in [1.82, 2.24) is 0 Å². The minimum Gasteiger partial charge on any atom is -0.481 e. The maximum absolute atomic E-state index is 11.6. The van der Waals surface area contributed by atoms with Crippen LogP contribution >= 0.6 is 0 Å². The van der Waals surface area contributed by atoms with E-state index in [1.807, 2.05) is 0 Å². The Kier molecular flexibility index (Phi) is 4.17. The molecule has 6 nitrogen and oxygen atoms in total. The summed E-state index contributed by atoms with van der Waals surface area (Å²) in [6.07, 6.45) is 2.07. The minimum atomic E-state index is -1.32. The fourth-order valence-corrected chi connectivity index (χ4v) is 1.58. The molecule has 1 aliphatic rings. The average molecular weight is 240 g/mol. The smallest absolute Gasteiger partial charge is 0.314 e. The van der Waals surface area contributed by atoms with Gasteiger partial charge < -0.3 is 15.3 Å². The fraction of sp³-hybridized carbons (Fsp3) is 0.364. The van der Waals surface area contributed by atoms with E-state index in [0.717, 1.165) is 0 Å². The van der Waals surface area contributed by atoms with Crippen molar-refractivity contribution in [3.63, 3.8) is 0 Å². The van der Waals surface area contributed by atoms with Crippen LogP contribution in [0.2, 0.25) is 0 Å². The number of aliphatic hydroxyl groups excluding tert-OH is 1. The SMILES string of the molecule is O=C(O)CCC(=O)C1=CC=C[C@@H](O)C1C(=O)O. The second-order valence-corrected chi connectivity index (χ2v) is 3.63. The highest BCUT2D eigenvalue weighted by Crippen LogP contribution is 2.23. The minimum absolute atomic E-state index is 0.0613. The maximum Gasteiger partial charge on any atom is 0.314 e. The molecule has 0 radical (unpaired) electrons. The monoisotopic (exact) mass is 240 g/mol. The number of rotatable bonds is 5.